The van der Waals surface area contributed by atoms with Crippen LogP contribution in [-0.4, -0.2) is 9.55 Å². The highest BCUT2D eigenvalue weighted by molar-refractivity contribution is 5.86. The fourth-order valence-electron chi connectivity index (χ4n) is 1.43. The zero-order chi connectivity index (χ0) is 9.59. The Hall–Kier alpha value is -1.42. The van der Waals surface area contributed by atoms with E-state index in [2.05, 4.69) is 4.98 Å². The van der Waals surface area contributed by atoms with E-state index >= 15 is 0 Å². The van der Waals surface area contributed by atoms with E-state index < -0.39 is 0 Å². The Bertz CT molecular complexity index is 475. The van der Waals surface area contributed by atoms with E-state index in [1.54, 1.807) is 0 Å². The SMILES string of the molecule is Cc1c(N)ccc2c1nc(N)n2C.Cl. The van der Waals surface area contributed by atoms with Crippen molar-refractivity contribution in [3.63, 3.8) is 0 Å². The van der Waals surface area contributed by atoms with Crippen molar-refractivity contribution in [3.8, 4) is 0 Å². The third-order valence-corrected chi connectivity index (χ3v) is 2.38. The number of imidazole rings is 1. The average molecular weight is 213 g/mol. The van der Waals surface area contributed by atoms with Gasteiger partial charge in [0.15, 0.2) is 0 Å². The zero-order valence-corrected chi connectivity index (χ0v) is 8.93. The Balaban J connectivity index is 0.000000980. The number of hydrogen-bond donors (Lipinski definition) is 2. The van der Waals surface area contributed by atoms with Gasteiger partial charge in [0.25, 0.3) is 0 Å². The Morgan fingerprint density at radius 2 is 1.93 bits per heavy atom. The molecule has 14 heavy (non-hydrogen) atoms. The first kappa shape index (κ1) is 10.7. The summed E-state index contributed by atoms with van der Waals surface area (Å²) in [5, 5.41) is 0. The summed E-state index contributed by atoms with van der Waals surface area (Å²) >= 11 is 0. The van der Waals surface area contributed by atoms with Crippen molar-refractivity contribution < 1.29 is 0 Å². The van der Waals surface area contributed by atoms with E-state index in [-0.39, 0.29) is 12.4 Å². The molecule has 0 fully saturated rings. The van der Waals surface area contributed by atoms with Crippen molar-refractivity contribution in [2.45, 2.75) is 6.92 Å². The highest BCUT2D eigenvalue weighted by Gasteiger charge is 2.08. The first-order chi connectivity index (χ1) is 6.11. The summed E-state index contributed by atoms with van der Waals surface area (Å²) in [5.41, 5.74) is 15.1. The van der Waals surface area contributed by atoms with Crippen LogP contribution in [0.2, 0.25) is 0 Å². The Morgan fingerprint density at radius 3 is 2.57 bits per heavy atom. The molecule has 0 unspecified atom stereocenters. The van der Waals surface area contributed by atoms with Gasteiger partial charge in [-0.1, -0.05) is 0 Å². The molecule has 0 aliphatic carbocycles. The Kier molecular flexibility index (Phi) is 2.57. The second-order valence-electron chi connectivity index (χ2n) is 3.18. The van der Waals surface area contributed by atoms with Gasteiger partial charge in [-0.3, -0.25) is 0 Å². The van der Waals surface area contributed by atoms with Crippen molar-refractivity contribution in [2.75, 3.05) is 11.5 Å². The van der Waals surface area contributed by atoms with Gasteiger partial charge < -0.3 is 16.0 Å². The van der Waals surface area contributed by atoms with E-state index in [1.807, 2.05) is 30.7 Å². The topological polar surface area (TPSA) is 69.9 Å². The molecule has 0 bridgehead atoms. The summed E-state index contributed by atoms with van der Waals surface area (Å²) in [6, 6.07) is 3.81. The van der Waals surface area contributed by atoms with Crippen LogP contribution in [0.1, 0.15) is 5.56 Å². The lowest BCUT2D eigenvalue weighted by molar-refractivity contribution is 0.965. The van der Waals surface area contributed by atoms with Gasteiger partial charge in [0.05, 0.1) is 11.0 Å². The predicted octanol–water partition coefficient (Wildman–Crippen LogP) is 1.47. The van der Waals surface area contributed by atoms with Gasteiger partial charge in [-0.15, -0.1) is 12.4 Å². The zero-order valence-electron chi connectivity index (χ0n) is 8.11. The third-order valence-electron chi connectivity index (χ3n) is 2.38. The summed E-state index contributed by atoms with van der Waals surface area (Å²) in [4.78, 5) is 4.23. The minimum atomic E-state index is 0. The van der Waals surface area contributed by atoms with Crippen molar-refractivity contribution in [3.05, 3.63) is 17.7 Å². The largest absolute Gasteiger partial charge is 0.398 e. The van der Waals surface area contributed by atoms with Crippen LogP contribution in [-0.2, 0) is 7.05 Å². The van der Waals surface area contributed by atoms with Crippen molar-refractivity contribution in [1.29, 1.82) is 0 Å². The van der Waals surface area contributed by atoms with Crippen molar-refractivity contribution in [1.82, 2.24) is 9.55 Å². The van der Waals surface area contributed by atoms with Crippen LogP contribution in [0, 0.1) is 6.92 Å². The van der Waals surface area contributed by atoms with Crippen molar-refractivity contribution in [2.24, 2.45) is 7.05 Å². The molecule has 4 nitrogen and oxygen atoms in total. The van der Waals surface area contributed by atoms with Gasteiger partial charge in [-0.25, -0.2) is 4.98 Å². The lowest BCUT2D eigenvalue weighted by Crippen LogP contribution is -1.96. The number of aryl methyl sites for hydroxylation is 2. The Labute approximate surface area is 88.3 Å². The lowest BCUT2D eigenvalue weighted by atomic mass is 10.1. The molecule has 1 aromatic carbocycles. The fourth-order valence-corrected chi connectivity index (χ4v) is 1.43. The van der Waals surface area contributed by atoms with Crippen LogP contribution in [0.4, 0.5) is 11.6 Å². The number of hydrogen-bond acceptors (Lipinski definition) is 3. The summed E-state index contributed by atoms with van der Waals surface area (Å²) in [6.45, 7) is 1.95. The summed E-state index contributed by atoms with van der Waals surface area (Å²) in [5.74, 6) is 0.517. The minimum absolute atomic E-state index is 0. The molecular formula is C9H13ClN4. The van der Waals surface area contributed by atoms with Crippen LogP contribution in [0.3, 0.4) is 0 Å². The number of nitrogen functional groups attached to an aromatic ring is 2. The second kappa shape index (κ2) is 3.38. The van der Waals surface area contributed by atoms with Gasteiger partial charge >= 0.3 is 0 Å². The Morgan fingerprint density at radius 1 is 1.29 bits per heavy atom. The molecule has 1 heterocycles. The third kappa shape index (κ3) is 1.28. The first-order valence-electron chi connectivity index (χ1n) is 4.08. The van der Waals surface area contributed by atoms with E-state index in [9.17, 15) is 0 Å². The maximum absolute atomic E-state index is 5.76. The van der Waals surface area contributed by atoms with E-state index in [1.165, 1.54) is 0 Å². The van der Waals surface area contributed by atoms with Gasteiger partial charge in [-0.2, -0.15) is 0 Å². The molecule has 0 atom stereocenters. The normalized spacial score (nSPS) is 10.1. The molecule has 0 amide bonds. The number of nitrogens with two attached hydrogens (primary N) is 2. The molecule has 0 spiro atoms. The molecule has 2 rings (SSSR count). The molecule has 0 aliphatic heterocycles. The number of benzene rings is 1. The molecule has 0 saturated heterocycles. The van der Waals surface area contributed by atoms with Crippen molar-refractivity contribution >= 4 is 35.1 Å². The molecule has 0 saturated carbocycles. The van der Waals surface area contributed by atoms with Crippen LogP contribution in [0.15, 0.2) is 12.1 Å². The molecule has 5 heteroatoms. The van der Waals surface area contributed by atoms with Crippen LogP contribution in [0.5, 0.6) is 0 Å². The lowest BCUT2D eigenvalue weighted by Gasteiger charge is -2.00. The monoisotopic (exact) mass is 212 g/mol. The van der Waals surface area contributed by atoms with Gasteiger partial charge in [-0.05, 0) is 24.6 Å². The van der Waals surface area contributed by atoms with E-state index in [4.69, 9.17) is 11.5 Å². The number of rotatable bonds is 0. The maximum atomic E-state index is 5.76. The fraction of sp³-hybridized carbons (Fsp3) is 0.222. The maximum Gasteiger partial charge on any atom is 0.200 e. The summed E-state index contributed by atoms with van der Waals surface area (Å²) in [7, 11) is 1.89. The minimum Gasteiger partial charge on any atom is -0.398 e. The molecule has 4 N–H and O–H groups in total. The summed E-state index contributed by atoms with van der Waals surface area (Å²) in [6.07, 6.45) is 0. The number of halogens is 1. The standard InChI is InChI=1S/C9H12N4.ClH/c1-5-6(10)3-4-7-8(5)12-9(11)13(7)2;/h3-4H,10H2,1-2H3,(H2,11,12);1H. The van der Waals surface area contributed by atoms with Crippen LogP contribution in [0.25, 0.3) is 11.0 Å². The van der Waals surface area contributed by atoms with Crippen LogP contribution < -0.4 is 11.5 Å². The van der Waals surface area contributed by atoms with Gasteiger partial charge in [0.2, 0.25) is 5.95 Å². The molecular weight excluding hydrogens is 200 g/mol. The first-order valence-corrected chi connectivity index (χ1v) is 4.08. The molecule has 0 aliphatic rings. The molecule has 0 radical (unpaired) electrons. The number of anilines is 2. The molecule has 1 aromatic heterocycles. The van der Waals surface area contributed by atoms with E-state index in [0.29, 0.717) is 5.95 Å². The number of aromatic nitrogens is 2. The van der Waals surface area contributed by atoms with Crippen LogP contribution >= 0.6 is 12.4 Å². The highest BCUT2D eigenvalue weighted by atomic mass is 35.5. The van der Waals surface area contributed by atoms with Gasteiger partial charge in [0.1, 0.15) is 0 Å². The molecule has 2 aromatic rings. The van der Waals surface area contributed by atoms with E-state index in [0.717, 1.165) is 22.3 Å². The van der Waals surface area contributed by atoms with Gasteiger partial charge in [0, 0.05) is 12.7 Å². The average Bonchev–Trinajstić information content (AvgIpc) is 2.38. The second-order valence-corrected chi connectivity index (χ2v) is 3.18. The number of fused-ring (bicyclic) bond motifs is 1. The predicted molar refractivity (Wildman–Crippen MR) is 61.5 cm³/mol. The smallest absolute Gasteiger partial charge is 0.200 e. The number of nitrogens with zero attached hydrogens (tertiary/aromatic N) is 2. The summed E-state index contributed by atoms with van der Waals surface area (Å²) < 4.78 is 1.85. The quantitative estimate of drug-likeness (QED) is 0.650. The molecule has 76 valence electrons. The highest BCUT2D eigenvalue weighted by Crippen LogP contribution is 2.23.